The summed E-state index contributed by atoms with van der Waals surface area (Å²) in [5.74, 6) is 0.418. The van der Waals surface area contributed by atoms with Crippen molar-refractivity contribution in [3.8, 4) is 0 Å². The Labute approximate surface area is 133 Å². The second kappa shape index (κ2) is 5.31. The van der Waals surface area contributed by atoms with Crippen molar-refractivity contribution in [2.24, 2.45) is 0 Å². The lowest BCUT2D eigenvalue weighted by Crippen LogP contribution is -2.20. The molecule has 0 bridgehead atoms. The number of hydrogen-bond acceptors (Lipinski definition) is 5. The maximum atomic E-state index is 11.7. The van der Waals surface area contributed by atoms with E-state index in [9.17, 15) is 4.79 Å². The molecule has 1 N–H and O–H groups in total. The van der Waals surface area contributed by atoms with Gasteiger partial charge in [-0.15, -0.1) is 0 Å². The third kappa shape index (κ3) is 2.48. The molecule has 0 radical (unpaired) electrons. The molecule has 6 nitrogen and oxygen atoms in total. The number of nitrogens with zero attached hydrogens (tertiary/aromatic N) is 4. The minimum absolute atomic E-state index is 0.131. The smallest absolute Gasteiger partial charge is 0.270 e. The minimum atomic E-state index is -0.131. The molecule has 1 aliphatic rings. The summed E-state index contributed by atoms with van der Waals surface area (Å²) >= 11 is 0. The van der Waals surface area contributed by atoms with Gasteiger partial charge in [0.05, 0.1) is 5.52 Å². The van der Waals surface area contributed by atoms with Crippen molar-refractivity contribution < 1.29 is 4.79 Å². The van der Waals surface area contributed by atoms with Crippen LogP contribution in [0.25, 0.3) is 10.9 Å². The lowest BCUT2D eigenvalue weighted by molar-refractivity contribution is 0.0961. The highest BCUT2D eigenvalue weighted by Crippen LogP contribution is 2.18. The van der Waals surface area contributed by atoms with Gasteiger partial charge in [-0.25, -0.2) is 9.97 Å². The van der Waals surface area contributed by atoms with E-state index in [2.05, 4.69) is 26.3 Å². The summed E-state index contributed by atoms with van der Waals surface area (Å²) < 4.78 is 0. The molecule has 1 aromatic carbocycles. The van der Waals surface area contributed by atoms with E-state index in [1.54, 1.807) is 12.4 Å². The minimum Gasteiger partial charge on any atom is -0.346 e. The molecule has 0 spiro atoms. The lowest BCUT2D eigenvalue weighted by Gasteiger charge is -2.17. The second-order valence-electron chi connectivity index (χ2n) is 5.61. The molecule has 0 saturated carbocycles. The number of fused-ring (bicyclic) bond motifs is 2. The normalized spacial score (nSPS) is 13.0. The van der Waals surface area contributed by atoms with E-state index >= 15 is 0 Å². The summed E-state index contributed by atoms with van der Waals surface area (Å²) in [6, 6.07) is 10.1. The Morgan fingerprint density at radius 1 is 1.26 bits per heavy atom. The van der Waals surface area contributed by atoms with Gasteiger partial charge in [-0.05, 0) is 23.8 Å². The molecular formula is C17H15N5O. The van der Waals surface area contributed by atoms with E-state index in [0.717, 1.165) is 22.0 Å². The largest absolute Gasteiger partial charge is 0.346 e. The van der Waals surface area contributed by atoms with Gasteiger partial charge in [-0.1, -0.05) is 12.1 Å². The van der Waals surface area contributed by atoms with Crippen LogP contribution in [0.5, 0.6) is 0 Å². The summed E-state index contributed by atoms with van der Waals surface area (Å²) in [7, 11) is 1.92. The van der Waals surface area contributed by atoms with Crippen LogP contribution in [0, 0.1) is 0 Å². The maximum Gasteiger partial charge on any atom is 0.270 e. The molecule has 3 heterocycles. The van der Waals surface area contributed by atoms with Crippen LogP contribution in [0.2, 0.25) is 0 Å². The van der Waals surface area contributed by atoms with Crippen LogP contribution < -0.4 is 10.2 Å². The number of anilines is 1. The number of carbonyl (C=O) groups is 1. The van der Waals surface area contributed by atoms with Crippen LogP contribution in [0.3, 0.4) is 0 Å². The third-order valence-electron chi connectivity index (χ3n) is 3.93. The highest BCUT2D eigenvalue weighted by Gasteiger charge is 2.22. The van der Waals surface area contributed by atoms with E-state index < -0.39 is 0 Å². The summed E-state index contributed by atoms with van der Waals surface area (Å²) in [4.78, 5) is 26.7. The number of rotatable bonds is 3. The van der Waals surface area contributed by atoms with Gasteiger partial charge in [-0.3, -0.25) is 9.78 Å². The molecule has 0 saturated heterocycles. The fraction of sp³-hybridized carbons (Fsp3) is 0.176. The summed E-state index contributed by atoms with van der Waals surface area (Å²) in [5.41, 5.74) is 3.44. The van der Waals surface area contributed by atoms with Crippen molar-refractivity contribution in [2.75, 3.05) is 11.9 Å². The zero-order valence-corrected chi connectivity index (χ0v) is 12.7. The maximum absolute atomic E-state index is 11.7. The topological polar surface area (TPSA) is 71.0 Å². The van der Waals surface area contributed by atoms with Gasteiger partial charge in [0, 0.05) is 43.5 Å². The van der Waals surface area contributed by atoms with E-state index in [1.165, 1.54) is 0 Å². The van der Waals surface area contributed by atoms with Crippen molar-refractivity contribution in [2.45, 2.75) is 13.1 Å². The first kappa shape index (κ1) is 13.6. The van der Waals surface area contributed by atoms with Gasteiger partial charge < -0.3 is 10.2 Å². The van der Waals surface area contributed by atoms with Gasteiger partial charge >= 0.3 is 0 Å². The van der Waals surface area contributed by atoms with E-state index in [4.69, 9.17) is 0 Å². The van der Waals surface area contributed by atoms with Gasteiger partial charge in [0.1, 0.15) is 5.69 Å². The molecular weight excluding hydrogens is 290 g/mol. The number of amides is 1. The molecule has 4 rings (SSSR count). The van der Waals surface area contributed by atoms with Crippen LogP contribution in [-0.4, -0.2) is 27.9 Å². The first-order valence-corrected chi connectivity index (χ1v) is 7.39. The summed E-state index contributed by atoms with van der Waals surface area (Å²) in [6.45, 7) is 1.17. The van der Waals surface area contributed by atoms with Crippen molar-refractivity contribution in [1.82, 2.24) is 20.3 Å². The number of benzene rings is 1. The quantitative estimate of drug-likeness (QED) is 0.800. The Hall–Kier alpha value is -3.02. The first-order valence-electron chi connectivity index (χ1n) is 7.39. The summed E-state index contributed by atoms with van der Waals surface area (Å²) in [6.07, 6.45) is 3.51. The number of hydrogen-bond donors (Lipinski definition) is 1. The highest BCUT2D eigenvalue weighted by molar-refractivity contribution is 5.96. The zero-order valence-electron chi connectivity index (χ0n) is 12.7. The summed E-state index contributed by atoms with van der Waals surface area (Å²) in [5, 5.41) is 3.86. The van der Waals surface area contributed by atoms with Gasteiger partial charge in [-0.2, -0.15) is 0 Å². The fourth-order valence-corrected chi connectivity index (χ4v) is 2.73. The van der Waals surface area contributed by atoms with Gasteiger partial charge in [0.2, 0.25) is 5.95 Å². The Bertz CT molecular complexity index is 908. The monoisotopic (exact) mass is 305 g/mol. The van der Waals surface area contributed by atoms with Gasteiger partial charge in [0.15, 0.2) is 0 Å². The van der Waals surface area contributed by atoms with Crippen molar-refractivity contribution in [1.29, 1.82) is 0 Å². The molecule has 6 heteroatoms. The molecule has 3 aromatic rings. The lowest BCUT2D eigenvalue weighted by atomic mass is 10.1. The van der Waals surface area contributed by atoms with Crippen molar-refractivity contribution >= 4 is 22.8 Å². The Kier molecular flexibility index (Phi) is 3.15. The van der Waals surface area contributed by atoms with Crippen molar-refractivity contribution in [3.05, 3.63) is 59.5 Å². The first-order chi connectivity index (χ1) is 11.2. The molecule has 0 fully saturated rings. The Morgan fingerprint density at radius 3 is 3.09 bits per heavy atom. The molecule has 1 amide bonds. The third-order valence-corrected chi connectivity index (χ3v) is 3.93. The molecule has 23 heavy (non-hydrogen) atoms. The average molecular weight is 305 g/mol. The predicted molar refractivity (Wildman–Crippen MR) is 87.1 cm³/mol. The second-order valence-corrected chi connectivity index (χ2v) is 5.61. The van der Waals surface area contributed by atoms with Crippen LogP contribution in [-0.2, 0) is 13.1 Å². The molecule has 0 aliphatic carbocycles. The molecule has 2 aromatic heterocycles. The average Bonchev–Trinajstić information content (AvgIpc) is 2.95. The molecule has 114 valence electrons. The Morgan fingerprint density at radius 2 is 2.17 bits per heavy atom. The zero-order chi connectivity index (χ0) is 15.8. The Balaban J connectivity index is 1.60. The fourth-order valence-electron chi connectivity index (χ4n) is 2.73. The predicted octanol–water partition coefficient (Wildman–Crippen LogP) is 1.90. The van der Waals surface area contributed by atoms with E-state index in [0.29, 0.717) is 24.7 Å². The van der Waals surface area contributed by atoms with Crippen LogP contribution >= 0.6 is 0 Å². The number of pyridine rings is 1. The molecule has 1 aliphatic heterocycles. The number of nitrogens with one attached hydrogen (secondary N) is 1. The van der Waals surface area contributed by atoms with E-state index in [-0.39, 0.29) is 5.91 Å². The van der Waals surface area contributed by atoms with Crippen LogP contribution in [0.4, 0.5) is 5.95 Å². The number of carbonyl (C=O) groups excluding carboxylic acids is 1. The SMILES string of the molecule is CN(Cc1ccc2ncccc2c1)c1ncc2c(n1)C(=O)NC2. The standard InChI is InChI=1S/C17H15N5O/c1-22(17-20-9-13-8-19-16(23)15(13)21-17)10-11-4-5-14-12(7-11)3-2-6-18-14/h2-7,9H,8,10H2,1H3,(H,19,23). The highest BCUT2D eigenvalue weighted by atomic mass is 16.2. The van der Waals surface area contributed by atoms with Crippen molar-refractivity contribution in [3.63, 3.8) is 0 Å². The molecule has 0 unspecified atom stereocenters. The van der Waals surface area contributed by atoms with E-state index in [1.807, 2.05) is 36.2 Å². The van der Waals surface area contributed by atoms with Crippen LogP contribution in [0.15, 0.2) is 42.7 Å². The van der Waals surface area contributed by atoms with Gasteiger partial charge in [0.25, 0.3) is 5.91 Å². The van der Waals surface area contributed by atoms with Crippen LogP contribution in [0.1, 0.15) is 21.6 Å². The molecule has 0 atom stereocenters. The number of aromatic nitrogens is 3.